The van der Waals surface area contributed by atoms with Crippen LogP contribution >= 0.6 is 0 Å². The fourth-order valence-corrected chi connectivity index (χ4v) is 3.52. The van der Waals surface area contributed by atoms with Gasteiger partial charge in [-0.15, -0.1) is 0 Å². The number of imidazole rings is 1. The molecule has 1 aromatic heterocycles. The van der Waals surface area contributed by atoms with Gasteiger partial charge in [0.05, 0.1) is 12.0 Å². The van der Waals surface area contributed by atoms with Crippen molar-refractivity contribution in [2.24, 2.45) is 17.8 Å². The largest absolute Gasteiger partial charge is 0.330 e. The molecule has 2 rings (SSSR count). The van der Waals surface area contributed by atoms with Gasteiger partial charge in [0.15, 0.2) is 0 Å². The number of aromatic nitrogens is 2. The highest BCUT2D eigenvalue weighted by Crippen LogP contribution is 2.38. The molecule has 0 spiro atoms. The van der Waals surface area contributed by atoms with Gasteiger partial charge >= 0.3 is 0 Å². The molecule has 20 heavy (non-hydrogen) atoms. The van der Waals surface area contributed by atoms with Crippen LogP contribution in [0.2, 0.25) is 0 Å². The van der Waals surface area contributed by atoms with Crippen LogP contribution in [0.5, 0.6) is 0 Å². The highest BCUT2D eigenvalue weighted by Gasteiger charge is 2.29. The maximum atomic E-state index is 4.41. The highest BCUT2D eigenvalue weighted by molar-refractivity contribution is 5.02. The molecule has 0 bridgehead atoms. The molecule has 0 saturated heterocycles. The lowest BCUT2D eigenvalue weighted by molar-refractivity contribution is 0.181. The zero-order valence-corrected chi connectivity index (χ0v) is 13.6. The molecule has 1 aromatic rings. The molecular formula is C17H31N3. The lowest BCUT2D eigenvalue weighted by Gasteiger charge is -2.36. The Bertz CT molecular complexity index is 395. The van der Waals surface area contributed by atoms with Crippen LogP contribution in [0.4, 0.5) is 0 Å². The van der Waals surface area contributed by atoms with E-state index in [0.717, 1.165) is 24.9 Å². The second-order valence-corrected chi connectivity index (χ2v) is 7.08. The van der Waals surface area contributed by atoms with Crippen LogP contribution in [0.1, 0.15) is 65.1 Å². The van der Waals surface area contributed by atoms with E-state index in [1.165, 1.54) is 31.4 Å². The molecule has 114 valence electrons. The van der Waals surface area contributed by atoms with E-state index in [1.807, 2.05) is 6.20 Å². The summed E-state index contributed by atoms with van der Waals surface area (Å²) in [6.45, 7) is 11.3. The zero-order chi connectivity index (χ0) is 14.5. The normalized spacial score (nSPS) is 23.7. The van der Waals surface area contributed by atoms with Gasteiger partial charge in [0.1, 0.15) is 0 Å². The summed E-state index contributed by atoms with van der Waals surface area (Å²) in [6.07, 6.45) is 9.55. The van der Waals surface area contributed by atoms with Crippen molar-refractivity contribution in [2.45, 2.75) is 66.0 Å². The van der Waals surface area contributed by atoms with E-state index >= 15 is 0 Å². The molecule has 1 heterocycles. The van der Waals surface area contributed by atoms with Gasteiger partial charge in [0.25, 0.3) is 0 Å². The van der Waals surface area contributed by atoms with E-state index in [-0.39, 0.29) is 0 Å². The third-order valence-corrected chi connectivity index (χ3v) is 4.60. The minimum absolute atomic E-state index is 0.655. The third-order valence-electron chi connectivity index (χ3n) is 4.60. The lowest BCUT2D eigenvalue weighted by atomic mass is 9.77. The molecule has 2 atom stereocenters. The molecular weight excluding hydrogens is 246 g/mol. The molecule has 1 aliphatic rings. The van der Waals surface area contributed by atoms with Crippen LogP contribution in [0.15, 0.2) is 12.5 Å². The summed E-state index contributed by atoms with van der Waals surface area (Å²) in [4.78, 5) is 4.41. The third kappa shape index (κ3) is 3.85. The van der Waals surface area contributed by atoms with Crippen molar-refractivity contribution in [1.29, 1.82) is 0 Å². The predicted molar refractivity (Wildman–Crippen MR) is 84.6 cm³/mol. The maximum absolute atomic E-state index is 4.41. The van der Waals surface area contributed by atoms with Crippen molar-refractivity contribution in [3.8, 4) is 0 Å². The minimum Gasteiger partial charge on any atom is -0.330 e. The van der Waals surface area contributed by atoms with Crippen LogP contribution in [-0.4, -0.2) is 16.1 Å². The van der Waals surface area contributed by atoms with E-state index in [1.54, 1.807) is 0 Å². The SMILES string of the molecule is CC(C)CNCc1cncn1C1CCCCC1C(C)C. The van der Waals surface area contributed by atoms with E-state index in [9.17, 15) is 0 Å². The molecule has 1 saturated carbocycles. The van der Waals surface area contributed by atoms with Crippen LogP contribution in [0.25, 0.3) is 0 Å². The van der Waals surface area contributed by atoms with Crippen LogP contribution < -0.4 is 5.32 Å². The van der Waals surface area contributed by atoms with E-state index in [4.69, 9.17) is 0 Å². The highest BCUT2D eigenvalue weighted by atomic mass is 15.1. The smallest absolute Gasteiger partial charge is 0.0951 e. The molecule has 0 aliphatic heterocycles. The molecule has 3 heteroatoms. The first-order chi connectivity index (χ1) is 9.59. The second-order valence-electron chi connectivity index (χ2n) is 7.08. The molecule has 1 N–H and O–H groups in total. The van der Waals surface area contributed by atoms with Crippen LogP contribution in [0, 0.1) is 17.8 Å². The fourth-order valence-electron chi connectivity index (χ4n) is 3.52. The first kappa shape index (κ1) is 15.6. The molecule has 0 aromatic carbocycles. The van der Waals surface area contributed by atoms with Crippen molar-refractivity contribution in [3.63, 3.8) is 0 Å². The molecule has 0 radical (unpaired) electrons. The zero-order valence-electron chi connectivity index (χ0n) is 13.6. The van der Waals surface area contributed by atoms with Gasteiger partial charge in [-0.05, 0) is 37.1 Å². The first-order valence-corrected chi connectivity index (χ1v) is 8.31. The number of hydrogen-bond acceptors (Lipinski definition) is 2. The van der Waals surface area contributed by atoms with Gasteiger partial charge in [-0.2, -0.15) is 0 Å². The van der Waals surface area contributed by atoms with Gasteiger partial charge in [-0.3, -0.25) is 0 Å². The van der Waals surface area contributed by atoms with Crippen molar-refractivity contribution in [3.05, 3.63) is 18.2 Å². The van der Waals surface area contributed by atoms with Gasteiger partial charge in [0.2, 0.25) is 0 Å². The Hall–Kier alpha value is -0.830. The van der Waals surface area contributed by atoms with Crippen molar-refractivity contribution in [2.75, 3.05) is 6.54 Å². The van der Waals surface area contributed by atoms with Crippen molar-refractivity contribution >= 4 is 0 Å². The minimum atomic E-state index is 0.655. The predicted octanol–water partition coefficient (Wildman–Crippen LogP) is 4.02. The van der Waals surface area contributed by atoms with Gasteiger partial charge in [-0.1, -0.05) is 40.5 Å². The number of hydrogen-bond donors (Lipinski definition) is 1. The molecule has 2 unspecified atom stereocenters. The quantitative estimate of drug-likeness (QED) is 0.851. The molecule has 3 nitrogen and oxygen atoms in total. The van der Waals surface area contributed by atoms with Crippen LogP contribution in [-0.2, 0) is 6.54 Å². The van der Waals surface area contributed by atoms with E-state index < -0.39 is 0 Å². The second kappa shape index (κ2) is 7.26. The van der Waals surface area contributed by atoms with Crippen molar-refractivity contribution < 1.29 is 0 Å². The monoisotopic (exact) mass is 277 g/mol. The fraction of sp³-hybridized carbons (Fsp3) is 0.824. The Morgan fingerprint density at radius 2 is 2.00 bits per heavy atom. The van der Waals surface area contributed by atoms with Crippen molar-refractivity contribution in [1.82, 2.24) is 14.9 Å². The Kier molecular flexibility index (Phi) is 5.64. The summed E-state index contributed by atoms with van der Waals surface area (Å²) < 4.78 is 2.46. The topological polar surface area (TPSA) is 29.9 Å². The first-order valence-electron chi connectivity index (χ1n) is 8.31. The average Bonchev–Trinajstić information content (AvgIpc) is 2.86. The Morgan fingerprint density at radius 3 is 2.70 bits per heavy atom. The molecule has 0 amide bonds. The Morgan fingerprint density at radius 1 is 1.25 bits per heavy atom. The Labute approximate surface area is 124 Å². The maximum Gasteiger partial charge on any atom is 0.0951 e. The lowest BCUT2D eigenvalue weighted by Crippen LogP contribution is -2.29. The standard InChI is InChI=1S/C17H31N3/c1-13(2)9-18-10-15-11-19-12-20(15)17-8-6-5-7-16(17)14(3)4/h11-14,16-18H,5-10H2,1-4H3. The van der Waals surface area contributed by atoms with Crippen LogP contribution in [0.3, 0.4) is 0 Å². The summed E-state index contributed by atoms with van der Waals surface area (Å²) in [5.41, 5.74) is 1.35. The number of rotatable bonds is 6. The van der Waals surface area contributed by atoms with E-state index in [2.05, 4.69) is 48.9 Å². The summed E-state index contributed by atoms with van der Waals surface area (Å²) in [5, 5.41) is 3.55. The van der Waals surface area contributed by atoms with Gasteiger partial charge < -0.3 is 9.88 Å². The number of nitrogens with one attached hydrogen (secondary N) is 1. The molecule has 1 fully saturated rings. The van der Waals surface area contributed by atoms with E-state index in [0.29, 0.717) is 12.0 Å². The van der Waals surface area contributed by atoms with Gasteiger partial charge in [-0.25, -0.2) is 4.98 Å². The number of nitrogens with zero attached hydrogens (tertiary/aromatic N) is 2. The Balaban J connectivity index is 2.05. The average molecular weight is 277 g/mol. The summed E-state index contributed by atoms with van der Waals surface area (Å²) in [7, 11) is 0. The molecule has 1 aliphatic carbocycles. The summed E-state index contributed by atoms with van der Waals surface area (Å²) in [6, 6.07) is 0.655. The summed E-state index contributed by atoms with van der Waals surface area (Å²) in [5.74, 6) is 2.27. The van der Waals surface area contributed by atoms with Gasteiger partial charge in [0, 0.05) is 18.8 Å². The summed E-state index contributed by atoms with van der Waals surface area (Å²) >= 11 is 0.